The first-order valence-corrected chi connectivity index (χ1v) is 9.10. The first-order valence-electron chi connectivity index (χ1n) is 9.10. The summed E-state index contributed by atoms with van der Waals surface area (Å²) in [4.78, 5) is 14.9. The molecule has 2 aromatic carbocycles. The topological polar surface area (TPSA) is 32.3 Å². The van der Waals surface area contributed by atoms with Crippen molar-refractivity contribution in [3.05, 3.63) is 65.7 Å². The lowest BCUT2D eigenvalue weighted by Crippen LogP contribution is -2.36. The molecule has 1 atom stereocenters. The monoisotopic (exact) mass is 356 g/mol. The van der Waals surface area contributed by atoms with Crippen molar-refractivity contribution in [1.29, 1.82) is 0 Å². The number of amides is 1. The van der Waals surface area contributed by atoms with Crippen LogP contribution in [0.25, 0.3) is 0 Å². The van der Waals surface area contributed by atoms with Crippen LogP contribution >= 0.6 is 0 Å². The molecule has 136 valence electrons. The second-order valence-electron chi connectivity index (χ2n) is 7.36. The van der Waals surface area contributed by atoms with Crippen molar-refractivity contribution in [1.82, 2.24) is 5.32 Å². The second kappa shape index (κ2) is 6.80. The Kier molecular flexibility index (Phi) is 4.49. The number of nitrogens with one attached hydrogen (secondary N) is 1. The molecule has 1 N–H and O–H groups in total. The average molecular weight is 356 g/mol. The van der Waals surface area contributed by atoms with E-state index in [0.717, 1.165) is 32.4 Å². The van der Waals surface area contributed by atoms with Crippen molar-refractivity contribution < 1.29 is 13.6 Å². The average Bonchev–Trinajstić information content (AvgIpc) is 3.35. The Balaban J connectivity index is 1.61. The Morgan fingerprint density at radius 3 is 2.46 bits per heavy atom. The van der Waals surface area contributed by atoms with Crippen molar-refractivity contribution in [2.75, 3.05) is 18.0 Å². The van der Waals surface area contributed by atoms with Crippen molar-refractivity contribution in [2.45, 2.75) is 25.8 Å². The number of halogens is 2. The molecule has 1 aliphatic heterocycles. The van der Waals surface area contributed by atoms with Crippen LogP contribution in [0.2, 0.25) is 0 Å². The standard InChI is InChI=1S/C21H22F2N2O/c22-16-5-7-17(8-6-16)25(14-15-3-1-2-4-19(15)23)20(26)18-13-21(18)9-11-24-12-10-21/h1-8,18,24H,9-14H2. The molecule has 1 amide bonds. The van der Waals surface area contributed by atoms with Crippen LogP contribution in [0.4, 0.5) is 14.5 Å². The Morgan fingerprint density at radius 1 is 1.08 bits per heavy atom. The van der Waals surface area contributed by atoms with Gasteiger partial charge in [0.1, 0.15) is 11.6 Å². The molecule has 1 spiro atoms. The molecule has 2 aliphatic rings. The number of nitrogens with zero attached hydrogens (tertiary/aromatic N) is 1. The molecule has 26 heavy (non-hydrogen) atoms. The van der Waals surface area contributed by atoms with Gasteiger partial charge in [0.05, 0.1) is 6.54 Å². The summed E-state index contributed by atoms with van der Waals surface area (Å²) in [6.07, 6.45) is 2.89. The smallest absolute Gasteiger partial charge is 0.230 e. The van der Waals surface area contributed by atoms with Crippen LogP contribution in [0.15, 0.2) is 48.5 Å². The summed E-state index contributed by atoms with van der Waals surface area (Å²) in [5.74, 6) is -0.698. The number of rotatable bonds is 4. The summed E-state index contributed by atoms with van der Waals surface area (Å²) in [6, 6.07) is 12.3. The number of benzene rings is 2. The van der Waals surface area contributed by atoms with Crippen LogP contribution in [0.5, 0.6) is 0 Å². The summed E-state index contributed by atoms with van der Waals surface area (Å²) >= 11 is 0. The predicted octanol–water partition coefficient (Wildman–Crippen LogP) is 3.89. The van der Waals surface area contributed by atoms with E-state index in [1.54, 1.807) is 35.2 Å². The molecule has 1 heterocycles. The van der Waals surface area contributed by atoms with E-state index in [0.29, 0.717) is 11.3 Å². The minimum Gasteiger partial charge on any atom is -0.317 e. The number of hydrogen-bond acceptors (Lipinski definition) is 2. The minimum absolute atomic E-state index is 0.0155. The Hall–Kier alpha value is -2.27. The Morgan fingerprint density at radius 2 is 1.77 bits per heavy atom. The Labute approximate surface area is 152 Å². The fourth-order valence-corrected chi connectivity index (χ4v) is 4.08. The zero-order valence-corrected chi connectivity index (χ0v) is 14.6. The molecule has 4 rings (SSSR count). The lowest BCUT2D eigenvalue weighted by atomic mass is 9.91. The van der Waals surface area contributed by atoms with Crippen LogP contribution in [0, 0.1) is 23.0 Å². The van der Waals surface area contributed by atoms with Crippen molar-refractivity contribution in [3.63, 3.8) is 0 Å². The quantitative estimate of drug-likeness (QED) is 0.901. The predicted molar refractivity (Wildman–Crippen MR) is 96.6 cm³/mol. The highest BCUT2D eigenvalue weighted by molar-refractivity contribution is 5.97. The van der Waals surface area contributed by atoms with Gasteiger partial charge in [-0.15, -0.1) is 0 Å². The molecule has 0 bridgehead atoms. The number of piperidine rings is 1. The van der Waals surface area contributed by atoms with Gasteiger partial charge in [0.25, 0.3) is 0 Å². The van der Waals surface area contributed by atoms with Gasteiger partial charge in [-0.3, -0.25) is 4.79 Å². The van der Waals surface area contributed by atoms with E-state index in [2.05, 4.69) is 5.32 Å². The third kappa shape index (κ3) is 3.23. The highest BCUT2D eigenvalue weighted by atomic mass is 19.1. The van der Waals surface area contributed by atoms with Crippen molar-refractivity contribution >= 4 is 11.6 Å². The minimum atomic E-state index is -0.353. The SMILES string of the molecule is O=C(C1CC12CCNCC2)N(Cc1ccccc1F)c1ccc(F)cc1. The summed E-state index contributed by atoms with van der Waals surface area (Å²) in [7, 11) is 0. The maximum absolute atomic E-state index is 14.2. The van der Waals surface area contributed by atoms with Crippen LogP contribution in [0.1, 0.15) is 24.8 Å². The second-order valence-corrected chi connectivity index (χ2v) is 7.36. The number of carbonyl (C=O) groups is 1. The fourth-order valence-electron chi connectivity index (χ4n) is 4.08. The number of carbonyl (C=O) groups excluding carboxylic acids is 1. The first-order chi connectivity index (χ1) is 12.6. The zero-order valence-electron chi connectivity index (χ0n) is 14.6. The third-order valence-electron chi connectivity index (χ3n) is 5.78. The van der Waals surface area contributed by atoms with Gasteiger partial charge in [0, 0.05) is 17.2 Å². The van der Waals surface area contributed by atoms with Crippen LogP contribution < -0.4 is 10.2 Å². The van der Waals surface area contributed by atoms with Crippen LogP contribution in [-0.4, -0.2) is 19.0 Å². The van der Waals surface area contributed by atoms with Crippen LogP contribution in [0.3, 0.4) is 0 Å². The van der Waals surface area contributed by atoms with E-state index in [1.165, 1.54) is 18.2 Å². The molecule has 1 unspecified atom stereocenters. The molecule has 5 heteroatoms. The van der Waals surface area contributed by atoms with Gasteiger partial charge >= 0.3 is 0 Å². The fraction of sp³-hybridized carbons (Fsp3) is 0.381. The zero-order chi connectivity index (χ0) is 18.1. The Bertz CT molecular complexity index is 800. The van der Waals surface area contributed by atoms with E-state index in [9.17, 15) is 13.6 Å². The molecular weight excluding hydrogens is 334 g/mol. The molecular formula is C21H22F2N2O. The molecule has 1 saturated heterocycles. The van der Waals surface area contributed by atoms with Crippen molar-refractivity contribution in [2.24, 2.45) is 11.3 Å². The maximum Gasteiger partial charge on any atom is 0.230 e. The molecule has 0 aromatic heterocycles. The molecule has 3 nitrogen and oxygen atoms in total. The van der Waals surface area contributed by atoms with Gasteiger partial charge in [-0.05, 0) is 68.1 Å². The van der Waals surface area contributed by atoms with E-state index >= 15 is 0 Å². The summed E-state index contributed by atoms with van der Waals surface area (Å²) < 4.78 is 27.5. The van der Waals surface area contributed by atoms with Gasteiger partial charge in [-0.25, -0.2) is 8.78 Å². The van der Waals surface area contributed by atoms with Gasteiger partial charge in [-0.2, -0.15) is 0 Å². The molecule has 0 radical (unpaired) electrons. The molecule has 1 aliphatic carbocycles. The summed E-state index contributed by atoms with van der Waals surface area (Å²) in [5.41, 5.74) is 1.16. The molecule has 2 aromatic rings. The highest BCUT2D eigenvalue weighted by Crippen LogP contribution is 2.59. The van der Waals surface area contributed by atoms with Gasteiger partial charge in [-0.1, -0.05) is 18.2 Å². The summed E-state index contributed by atoms with van der Waals surface area (Å²) in [5, 5.41) is 3.34. The maximum atomic E-state index is 14.2. The number of hydrogen-bond donors (Lipinski definition) is 1. The summed E-state index contributed by atoms with van der Waals surface area (Å²) in [6.45, 7) is 2.03. The lowest BCUT2D eigenvalue weighted by Gasteiger charge is -2.27. The molecule has 2 fully saturated rings. The number of anilines is 1. The van der Waals surface area contributed by atoms with Gasteiger partial charge in [0.15, 0.2) is 0 Å². The first kappa shape index (κ1) is 17.2. The van der Waals surface area contributed by atoms with E-state index in [1.807, 2.05) is 0 Å². The lowest BCUT2D eigenvalue weighted by molar-refractivity contribution is -0.120. The van der Waals surface area contributed by atoms with Gasteiger partial charge in [0.2, 0.25) is 5.91 Å². The van der Waals surface area contributed by atoms with E-state index in [4.69, 9.17) is 0 Å². The third-order valence-corrected chi connectivity index (χ3v) is 5.78. The normalized spacial score (nSPS) is 20.8. The van der Waals surface area contributed by atoms with Crippen LogP contribution in [-0.2, 0) is 11.3 Å². The van der Waals surface area contributed by atoms with Gasteiger partial charge < -0.3 is 10.2 Å². The van der Waals surface area contributed by atoms with E-state index < -0.39 is 0 Å². The largest absolute Gasteiger partial charge is 0.317 e. The highest BCUT2D eigenvalue weighted by Gasteiger charge is 2.58. The molecule has 1 saturated carbocycles. The van der Waals surface area contributed by atoms with Crippen molar-refractivity contribution in [3.8, 4) is 0 Å². The van der Waals surface area contributed by atoms with E-state index in [-0.39, 0.29) is 35.4 Å².